The number of alkyl halides is 4. The smallest absolute Gasteiger partial charge is 0.373 e. The van der Waals surface area contributed by atoms with Gasteiger partial charge in [0.2, 0.25) is 0 Å². The third kappa shape index (κ3) is 4.37. The molecule has 0 aliphatic heterocycles. The standard InChI is InChI=1S/C14H25BF4O/c1-7-10(2)11(3,4)8-9-20-12(5,6)13(15,16)14(17,18)19/h10H,7-9H2,1-6H3. The van der Waals surface area contributed by atoms with E-state index in [0.29, 0.717) is 12.3 Å². The molecule has 6 heteroatoms. The fourth-order valence-electron chi connectivity index (χ4n) is 1.81. The number of halogens is 4. The van der Waals surface area contributed by atoms with Crippen molar-refractivity contribution in [1.29, 1.82) is 0 Å². The predicted octanol–water partition coefficient (Wildman–Crippen LogP) is 4.64. The minimum absolute atomic E-state index is 0.0310. The van der Waals surface area contributed by atoms with Crippen molar-refractivity contribution in [3.8, 4) is 0 Å². The van der Waals surface area contributed by atoms with Gasteiger partial charge in [0, 0.05) is 6.61 Å². The molecule has 0 spiro atoms. The predicted molar refractivity (Wildman–Crippen MR) is 73.5 cm³/mol. The van der Waals surface area contributed by atoms with E-state index in [1.165, 1.54) is 0 Å². The zero-order valence-corrected chi connectivity index (χ0v) is 13.2. The highest BCUT2D eigenvalue weighted by Crippen LogP contribution is 2.42. The second-order valence-electron chi connectivity index (χ2n) is 6.62. The van der Waals surface area contributed by atoms with Crippen molar-refractivity contribution in [2.24, 2.45) is 11.3 Å². The van der Waals surface area contributed by atoms with Crippen molar-refractivity contribution in [3.05, 3.63) is 0 Å². The molecule has 0 heterocycles. The Bertz CT molecular complexity index is 311. The van der Waals surface area contributed by atoms with Gasteiger partial charge in [-0.25, -0.2) is 4.39 Å². The Morgan fingerprint density at radius 1 is 1.05 bits per heavy atom. The average molecular weight is 296 g/mol. The van der Waals surface area contributed by atoms with E-state index in [-0.39, 0.29) is 12.0 Å². The van der Waals surface area contributed by atoms with Crippen molar-refractivity contribution in [3.63, 3.8) is 0 Å². The van der Waals surface area contributed by atoms with Crippen molar-refractivity contribution < 1.29 is 22.3 Å². The third-order valence-electron chi connectivity index (χ3n) is 4.44. The van der Waals surface area contributed by atoms with E-state index in [0.717, 1.165) is 20.3 Å². The summed E-state index contributed by atoms with van der Waals surface area (Å²) in [6, 6.07) is 0. The Hall–Kier alpha value is -0.255. The molecule has 0 fully saturated rings. The SMILES string of the molecule is [B]C(F)(C(F)(F)F)C(C)(C)OCCC(C)(C)C(C)CC. The lowest BCUT2D eigenvalue weighted by atomic mass is 9.70. The molecule has 0 aromatic carbocycles. The van der Waals surface area contributed by atoms with Gasteiger partial charge in [0.15, 0.2) is 5.57 Å². The Kier molecular flexibility index (Phi) is 6.16. The Morgan fingerprint density at radius 3 is 1.85 bits per heavy atom. The van der Waals surface area contributed by atoms with E-state index in [4.69, 9.17) is 12.6 Å². The summed E-state index contributed by atoms with van der Waals surface area (Å²) in [6.45, 7) is 10.2. The molecule has 0 saturated carbocycles. The largest absolute Gasteiger partial charge is 0.416 e. The minimum atomic E-state index is -5.16. The van der Waals surface area contributed by atoms with Gasteiger partial charge < -0.3 is 4.74 Å². The van der Waals surface area contributed by atoms with Gasteiger partial charge in [0.1, 0.15) is 7.85 Å². The maximum absolute atomic E-state index is 13.7. The fourth-order valence-corrected chi connectivity index (χ4v) is 1.81. The molecule has 118 valence electrons. The van der Waals surface area contributed by atoms with Gasteiger partial charge in [0.05, 0.1) is 5.60 Å². The summed E-state index contributed by atoms with van der Waals surface area (Å²) in [7, 11) is 4.79. The van der Waals surface area contributed by atoms with Gasteiger partial charge in [-0.3, -0.25) is 0 Å². The lowest BCUT2D eigenvalue weighted by Crippen LogP contribution is -2.59. The highest BCUT2D eigenvalue weighted by Gasteiger charge is 2.61. The molecular formula is C14H25BF4O. The zero-order valence-electron chi connectivity index (χ0n) is 13.2. The topological polar surface area (TPSA) is 9.23 Å². The lowest BCUT2D eigenvalue weighted by Gasteiger charge is -2.40. The molecule has 2 atom stereocenters. The van der Waals surface area contributed by atoms with Crippen LogP contribution in [0.25, 0.3) is 0 Å². The average Bonchev–Trinajstić information content (AvgIpc) is 2.25. The van der Waals surface area contributed by atoms with E-state index in [9.17, 15) is 17.6 Å². The van der Waals surface area contributed by atoms with Crippen LogP contribution in [-0.2, 0) is 4.74 Å². The van der Waals surface area contributed by atoms with Crippen LogP contribution >= 0.6 is 0 Å². The van der Waals surface area contributed by atoms with Crippen molar-refractivity contribution in [2.75, 3.05) is 6.61 Å². The van der Waals surface area contributed by atoms with Crippen LogP contribution in [0.15, 0.2) is 0 Å². The second-order valence-corrected chi connectivity index (χ2v) is 6.62. The van der Waals surface area contributed by atoms with Crippen LogP contribution in [0, 0.1) is 11.3 Å². The van der Waals surface area contributed by atoms with Gasteiger partial charge >= 0.3 is 6.18 Å². The monoisotopic (exact) mass is 296 g/mol. The molecular weight excluding hydrogens is 271 g/mol. The van der Waals surface area contributed by atoms with Gasteiger partial charge in [-0.1, -0.05) is 34.1 Å². The molecule has 0 bridgehead atoms. The molecule has 20 heavy (non-hydrogen) atoms. The summed E-state index contributed by atoms with van der Waals surface area (Å²) < 4.78 is 56.7. The van der Waals surface area contributed by atoms with Gasteiger partial charge in [-0.15, -0.1) is 0 Å². The van der Waals surface area contributed by atoms with E-state index in [1.54, 1.807) is 0 Å². The maximum Gasteiger partial charge on any atom is 0.416 e. The first kappa shape index (κ1) is 19.7. The van der Waals surface area contributed by atoms with Crippen LogP contribution in [0.5, 0.6) is 0 Å². The Morgan fingerprint density at radius 2 is 1.50 bits per heavy atom. The van der Waals surface area contributed by atoms with E-state index in [2.05, 4.69) is 6.92 Å². The summed E-state index contributed by atoms with van der Waals surface area (Å²) in [4.78, 5) is 0. The second kappa shape index (κ2) is 6.24. The summed E-state index contributed by atoms with van der Waals surface area (Å²) in [6.07, 6.45) is -3.66. The number of hydrogen-bond acceptors (Lipinski definition) is 1. The molecule has 0 aromatic rings. The Labute approximate surface area is 120 Å². The molecule has 0 aromatic heterocycles. The van der Waals surface area contributed by atoms with Gasteiger partial charge in [0.25, 0.3) is 0 Å². The molecule has 1 nitrogen and oxygen atoms in total. The van der Waals surface area contributed by atoms with E-state index in [1.807, 2.05) is 20.8 Å². The molecule has 0 saturated heterocycles. The minimum Gasteiger partial charge on any atom is -0.373 e. The van der Waals surface area contributed by atoms with Crippen LogP contribution < -0.4 is 0 Å². The van der Waals surface area contributed by atoms with Gasteiger partial charge in [-0.2, -0.15) is 13.2 Å². The first-order valence-electron chi connectivity index (χ1n) is 6.87. The molecule has 0 aliphatic carbocycles. The number of rotatable bonds is 7. The summed E-state index contributed by atoms with van der Waals surface area (Å²) in [5, 5.41) is 0. The molecule has 0 N–H and O–H groups in total. The van der Waals surface area contributed by atoms with Crippen molar-refractivity contribution >= 4 is 7.85 Å². The zero-order chi connectivity index (χ0) is 16.4. The van der Waals surface area contributed by atoms with Gasteiger partial charge in [-0.05, 0) is 31.6 Å². The molecule has 2 unspecified atom stereocenters. The van der Waals surface area contributed by atoms with Crippen molar-refractivity contribution in [2.45, 2.75) is 71.7 Å². The molecule has 0 rings (SSSR count). The molecule has 0 amide bonds. The quantitative estimate of drug-likeness (QED) is 0.491. The number of ether oxygens (including phenoxy) is 1. The van der Waals surface area contributed by atoms with Crippen LogP contribution in [0.4, 0.5) is 17.6 Å². The normalized spacial score (nSPS) is 18.7. The van der Waals surface area contributed by atoms with Crippen molar-refractivity contribution in [1.82, 2.24) is 0 Å². The first-order chi connectivity index (χ1) is 8.69. The molecule has 0 aliphatic rings. The van der Waals surface area contributed by atoms with Crippen LogP contribution in [0.1, 0.15) is 54.4 Å². The highest BCUT2D eigenvalue weighted by molar-refractivity contribution is 6.16. The van der Waals surface area contributed by atoms with Crippen LogP contribution in [0.2, 0.25) is 0 Å². The van der Waals surface area contributed by atoms with Crippen LogP contribution in [-0.4, -0.2) is 31.8 Å². The summed E-state index contributed by atoms with van der Waals surface area (Å²) >= 11 is 0. The maximum atomic E-state index is 13.7. The fraction of sp³-hybridized carbons (Fsp3) is 1.00. The number of hydrogen-bond donors (Lipinski definition) is 0. The summed E-state index contributed by atoms with van der Waals surface area (Å²) in [5.74, 6) is 0.393. The van der Waals surface area contributed by atoms with E-state index >= 15 is 0 Å². The Balaban J connectivity index is 4.67. The third-order valence-corrected chi connectivity index (χ3v) is 4.44. The molecule has 2 radical (unpaired) electrons. The van der Waals surface area contributed by atoms with E-state index < -0.39 is 17.3 Å². The lowest BCUT2D eigenvalue weighted by molar-refractivity contribution is -0.256. The summed E-state index contributed by atoms with van der Waals surface area (Å²) in [5.41, 5.74) is -6.09. The van der Waals surface area contributed by atoms with Crippen LogP contribution in [0.3, 0.4) is 0 Å². The highest BCUT2D eigenvalue weighted by atomic mass is 19.4. The first-order valence-corrected chi connectivity index (χ1v) is 6.87.